The third-order valence-corrected chi connectivity index (χ3v) is 5.04. The van der Waals surface area contributed by atoms with Crippen molar-refractivity contribution in [3.63, 3.8) is 0 Å². The molecular formula is C16H20N2O6S2. The second-order valence-electron chi connectivity index (χ2n) is 5.58. The van der Waals surface area contributed by atoms with Gasteiger partial charge in [0.05, 0.1) is 10.1 Å². The second-order valence-corrected chi connectivity index (χ2v) is 7.88. The van der Waals surface area contributed by atoms with Gasteiger partial charge in [-0.3, -0.25) is 5.04 Å². The van der Waals surface area contributed by atoms with E-state index in [0.717, 1.165) is 36.1 Å². The van der Waals surface area contributed by atoms with Crippen LogP contribution in [0.1, 0.15) is 12.8 Å². The molecule has 0 fully saturated rings. The molecule has 0 spiro atoms. The Hall–Kier alpha value is -1.56. The summed E-state index contributed by atoms with van der Waals surface area (Å²) in [6, 6.07) is 7.91. The van der Waals surface area contributed by atoms with E-state index in [1.54, 1.807) is 0 Å². The van der Waals surface area contributed by atoms with E-state index in [4.69, 9.17) is 0 Å². The topological polar surface area (TPSA) is 106 Å². The summed E-state index contributed by atoms with van der Waals surface area (Å²) in [7, 11) is -4.16. The Morgan fingerprint density at radius 1 is 0.923 bits per heavy atom. The number of aryl methyl sites for hydroxylation is 2. The maximum atomic E-state index is 10.6. The highest BCUT2D eigenvalue weighted by molar-refractivity contribution is 7.94. The van der Waals surface area contributed by atoms with Crippen LogP contribution >= 0.6 is 12.0 Å². The molecule has 2 aromatic rings. The molecule has 0 saturated carbocycles. The standard InChI is InChI=1S/C16H20N2O6S2/c19-23-24-25-13-1-7-17-9-3-15(4-10-17)16-5-11-18(12-6-16)8-2-14-26(20,21)22/h3-6,9-12H,1-2,7-8,13-14H2. The quantitative estimate of drug-likeness (QED) is 0.132. The van der Waals surface area contributed by atoms with E-state index in [1.165, 1.54) is 0 Å². The van der Waals surface area contributed by atoms with E-state index in [2.05, 4.69) is 9.37 Å². The normalized spacial score (nSPS) is 11.6. The van der Waals surface area contributed by atoms with Crippen molar-refractivity contribution in [3.05, 3.63) is 49.1 Å². The molecule has 0 aromatic carbocycles. The summed E-state index contributed by atoms with van der Waals surface area (Å²) in [6.45, 7) is 1.28. The molecule has 0 bridgehead atoms. The van der Waals surface area contributed by atoms with Crippen molar-refractivity contribution in [1.82, 2.24) is 0 Å². The summed E-state index contributed by atoms with van der Waals surface area (Å²) >= 11 is 0.980. The molecule has 8 nitrogen and oxygen atoms in total. The summed E-state index contributed by atoms with van der Waals surface area (Å²) in [4.78, 5) is 0. The highest BCUT2D eigenvalue weighted by Gasteiger charge is 2.07. The maximum Gasteiger partial charge on any atom is 0.169 e. The van der Waals surface area contributed by atoms with Gasteiger partial charge in [0.1, 0.15) is 13.1 Å². The van der Waals surface area contributed by atoms with Gasteiger partial charge < -0.3 is 9.81 Å². The molecule has 26 heavy (non-hydrogen) atoms. The SMILES string of the molecule is O=S(=O)([O-])CCC[n+]1ccc(-c2cc[n+](CCCSOO[O-])cc2)cc1. The van der Waals surface area contributed by atoms with E-state index >= 15 is 0 Å². The monoisotopic (exact) mass is 400 g/mol. The van der Waals surface area contributed by atoms with E-state index in [-0.39, 0.29) is 5.75 Å². The lowest BCUT2D eigenvalue weighted by molar-refractivity contribution is -0.777. The fourth-order valence-corrected chi connectivity index (χ4v) is 3.22. The van der Waals surface area contributed by atoms with E-state index in [0.29, 0.717) is 18.7 Å². The van der Waals surface area contributed by atoms with Gasteiger partial charge in [-0.2, -0.15) is 4.33 Å². The van der Waals surface area contributed by atoms with Crippen molar-refractivity contribution in [2.24, 2.45) is 0 Å². The molecule has 2 rings (SSSR count). The summed E-state index contributed by atoms with van der Waals surface area (Å²) in [5.74, 6) is 0.304. The van der Waals surface area contributed by atoms with Gasteiger partial charge >= 0.3 is 0 Å². The van der Waals surface area contributed by atoms with Crippen LogP contribution in [0, 0.1) is 0 Å². The Kier molecular flexibility index (Phi) is 8.42. The molecule has 0 saturated heterocycles. The summed E-state index contributed by atoms with van der Waals surface area (Å²) < 4.78 is 39.9. The van der Waals surface area contributed by atoms with Crippen LogP contribution < -0.4 is 14.4 Å². The van der Waals surface area contributed by atoms with Gasteiger partial charge in [-0.05, 0) is 11.1 Å². The lowest BCUT2D eigenvalue weighted by Gasteiger charge is -2.05. The molecule has 0 aliphatic rings. The summed E-state index contributed by atoms with van der Waals surface area (Å²) in [5, 5.41) is 12.9. The van der Waals surface area contributed by atoms with Crippen molar-refractivity contribution < 1.29 is 36.7 Å². The predicted molar refractivity (Wildman–Crippen MR) is 90.7 cm³/mol. The van der Waals surface area contributed by atoms with Crippen molar-refractivity contribution in [1.29, 1.82) is 0 Å². The molecule has 2 aromatic heterocycles. The van der Waals surface area contributed by atoms with E-state index in [1.807, 2.05) is 58.2 Å². The van der Waals surface area contributed by atoms with Crippen molar-refractivity contribution in [2.75, 3.05) is 11.5 Å². The number of rotatable bonds is 11. The molecule has 2 heterocycles. The minimum atomic E-state index is -4.16. The van der Waals surface area contributed by atoms with Crippen LogP contribution in [-0.4, -0.2) is 24.5 Å². The van der Waals surface area contributed by atoms with Gasteiger partial charge in [0.25, 0.3) is 0 Å². The molecular weight excluding hydrogens is 380 g/mol. The molecule has 0 unspecified atom stereocenters. The van der Waals surface area contributed by atoms with Crippen LogP contribution in [0.5, 0.6) is 0 Å². The average molecular weight is 400 g/mol. The van der Waals surface area contributed by atoms with Crippen molar-refractivity contribution in [2.45, 2.75) is 25.9 Å². The zero-order chi connectivity index (χ0) is 18.8. The first-order valence-electron chi connectivity index (χ1n) is 7.98. The van der Waals surface area contributed by atoms with E-state index < -0.39 is 10.1 Å². The lowest BCUT2D eigenvalue weighted by atomic mass is 10.1. The minimum Gasteiger partial charge on any atom is -0.748 e. The second kappa shape index (κ2) is 10.6. The molecule has 0 radical (unpaired) electrons. The predicted octanol–water partition coefficient (Wildman–Crippen LogP) is 0.126. The molecule has 0 amide bonds. The van der Waals surface area contributed by atoms with Crippen LogP contribution in [0.2, 0.25) is 0 Å². The van der Waals surface area contributed by atoms with Crippen LogP contribution in [0.15, 0.2) is 49.1 Å². The fraction of sp³-hybridized carbons (Fsp3) is 0.375. The molecule has 10 heteroatoms. The number of hydrogen-bond acceptors (Lipinski definition) is 7. The number of nitrogens with zero attached hydrogens (tertiary/aromatic N) is 2. The maximum absolute atomic E-state index is 10.6. The van der Waals surface area contributed by atoms with Crippen LogP contribution in [0.25, 0.3) is 11.1 Å². The van der Waals surface area contributed by atoms with Crippen molar-refractivity contribution in [3.8, 4) is 11.1 Å². The Morgan fingerprint density at radius 2 is 1.42 bits per heavy atom. The Morgan fingerprint density at radius 3 is 1.88 bits per heavy atom. The average Bonchev–Trinajstić information content (AvgIpc) is 2.62. The smallest absolute Gasteiger partial charge is 0.169 e. The molecule has 0 aliphatic carbocycles. The molecule has 0 N–H and O–H groups in total. The highest BCUT2D eigenvalue weighted by atomic mass is 32.2. The summed E-state index contributed by atoms with van der Waals surface area (Å²) in [6.07, 6.45) is 8.82. The summed E-state index contributed by atoms with van der Waals surface area (Å²) in [5.41, 5.74) is 2.11. The van der Waals surface area contributed by atoms with Crippen molar-refractivity contribution >= 4 is 22.2 Å². The zero-order valence-corrected chi connectivity index (χ0v) is 15.7. The first kappa shape index (κ1) is 20.7. The number of pyridine rings is 2. The number of hydrogen-bond donors (Lipinski definition) is 0. The highest BCUT2D eigenvalue weighted by Crippen LogP contribution is 2.15. The van der Waals surface area contributed by atoms with Gasteiger partial charge in [-0.1, -0.05) is 0 Å². The Balaban J connectivity index is 1.84. The lowest BCUT2D eigenvalue weighted by Crippen LogP contribution is -2.33. The third-order valence-electron chi connectivity index (χ3n) is 3.65. The van der Waals surface area contributed by atoms with E-state index in [9.17, 15) is 18.2 Å². The molecule has 0 atom stereocenters. The van der Waals surface area contributed by atoms with Gasteiger partial charge in [0, 0.05) is 60.7 Å². The first-order valence-corrected chi connectivity index (χ1v) is 10.5. The van der Waals surface area contributed by atoms with Crippen LogP contribution in [0.3, 0.4) is 0 Å². The molecule has 142 valence electrons. The number of aromatic nitrogens is 2. The Labute approximate surface area is 156 Å². The molecule has 0 aliphatic heterocycles. The Bertz CT molecular complexity index is 766. The minimum absolute atomic E-state index is 0.297. The van der Waals surface area contributed by atoms with Gasteiger partial charge in [-0.15, -0.1) is 0 Å². The van der Waals surface area contributed by atoms with Crippen LogP contribution in [0.4, 0.5) is 0 Å². The fourth-order valence-electron chi connectivity index (χ4n) is 2.38. The first-order chi connectivity index (χ1) is 12.5. The van der Waals surface area contributed by atoms with Gasteiger partial charge in [-0.25, -0.2) is 17.6 Å². The zero-order valence-electron chi connectivity index (χ0n) is 14.0. The third kappa shape index (κ3) is 7.77. The van der Waals surface area contributed by atoms with Gasteiger partial charge in [0.15, 0.2) is 24.8 Å². The largest absolute Gasteiger partial charge is 0.748 e. The van der Waals surface area contributed by atoms with Crippen LogP contribution in [-0.2, 0) is 32.6 Å². The van der Waals surface area contributed by atoms with Gasteiger partial charge in [0.2, 0.25) is 0 Å².